The molecule has 0 atom stereocenters. The standard InChI is InChI=1S/C24H32N2S/c1-4-26(5-2)18-10-13-21-12-7-9-15-24(21)27-25-23-17-16-20-11-6-8-14-22(20)19(23)3/h7,9-10,12-13,15-17,25H,4-6,8,11,14,18H2,1-3H3/b13-10-. The highest BCUT2D eigenvalue weighted by atomic mass is 32.2. The molecule has 2 aromatic carbocycles. The molecule has 27 heavy (non-hydrogen) atoms. The number of hydrogen-bond acceptors (Lipinski definition) is 3. The third kappa shape index (κ3) is 5.18. The number of aryl methyl sites for hydroxylation is 1. The van der Waals surface area contributed by atoms with Crippen molar-refractivity contribution in [2.24, 2.45) is 0 Å². The summed E-state index contributed by atoms with van der Waals surface area (Å²) in [6, 6.07) is 13.2. The predicted molar refractivity (Wildman–Crippen MR) is 121 cm³/mol. The van der Waals surface area contributed by atoms with Crippen molar-refractivity contribution >= 4 is 23.7 Å². The van der Waals surface area contributed by atoms with Crippen molar-refractivity contribution in [3.8, 4) is 0 Å². The molecule has 1 aliphatic rings. The second-order valence-electron chi connectivity index (χ2n) is 7.21. The number of rotatable bonds is 8. The molecule has 0 fully saturated rings. The number of nitrogens with zero attached hydrogens (tertiary/aromatic N) is 1. The number of benzene rings is 2. The van der Waals surface area contributed by atoms with Gasteiger partial charge >= 0.3 is 0 Å². The maximum atomic E-state index is 3.61. The summed E-state index contributed by atoms with van der Waals surface area (Å²) in [6.07, 6.45) is 9.65. The van der Waals surface area contributed by atoms with Crippen molar-refractivity contribution in [3.05, 3.63) is 64.7 Å². The first kappa shape index (κ1) is 20.0. The third-order valence-electron chi connectivity index (χ3n) is 5.56. The van der Waals surface area contributed by atoms with E-state index < -0.39 is 0 Å². The molecule has 1 aliphatic carbocycles. The molecule has 2 nitrogen and oxygen atoms in total. The number of fused-ring (bicyclic) bond motifs is 1. The Hall–Kier alpha value is -1.71. The van der Waals surface area contributed by atoms with Crippen LogP contribution >= 0.6 is 11.9 Å². The fourth-order valence-corrected chi connectivity index (χ4v) is 4.60. The summed E-state index contributed by atoms with van der Waals surface area (Å²) in [6.45, 7) is 9.89. The summed E-state index contributed by atoms with van der Waals surface area (Å²) >= 11 is 1.72. The van der Waals surface area contributed by atoms with Gasteiger partial charge in [-0.3, -0.25) is 0 Å². The lowest BCUT2D eigenvalue weighted by molar-refractivity contribution is 0.338. The van der Waals surface area contributed by atoms with Gasteiger partial charge in [0.2, 0.25) is 0 Å². The van der Waals surface area contributed by atoms with Crippen molar-refractivity contribution in [1.29, 1.82) is 0 Å². The van der Waals surface area contributed by atoms with E-state index >= 15 is 0 Å². The lowest BCUT2D eigenvalue weighted by atomic mass is 9.88. The fourth-order valence-electron chi connectivity index (χ4n) is 3.75. The van der Waals surface area contributed by atoms with E-state index in [2.05, 4.69) is 78.9 Å². The summed E-state index contributed by atoms with van der Waals surface area (Å²) in [5, 5.41) is 0. The average Bonchev–Trinajstić information content (AvgIpc) is 2.72. The van der Waals surface area contributed by atoms with Crippen LogP contribution in [0.25, 0.3) is 6.08 Å². The van der Waals surface area contributed by atoms with Gasteiger partial charge in [0.1, 0.15) is 0 Å². The van der Waals surface area contributed by atoms with Gasteiger partial charge in [-0.15, -0.1) is 0 Å². The van der Waals surface area contributed by atoms with E-state index in [-0.39, 0.29) is 0 Å². The van der Waals surface area contributed by atoms with E-state index in [1.807, 2.05) is 0 Å². The highest BCUT2D eigenvalue weighted by Crippen LogP contribution is 2.32. The molecule has 0 heterocycles. The van der Waals surface area contributed by atoms with Crippen LogP contribution in [0.4, 0.5) is 5.69 Å². The lowest BCUT2D eigenvalue weighted by Gasteiger charge is -2.21. The Bertz CT molecular complexity index is 778. The first-order valence-electron chi connectivity index (χ1n) is 10.2. The molecular formula is C24H32N2S. The second-order valence-corrected chi connectivity index (χ2v) is 8.06. The fraction of sp³-hybridized carbons (Fsp3) is 0.417. The van der Waals surface area contributed by atoms with Crippen LogP contribution in [0.2, 0.25) is 0 Å². The molecule has 0 saturated carbocycles. The van der Waals surface area contributed by atoms with Crippen LogP contribution in [0.1, 0.15) is 48.9 Å². The van der Waals surface area contributed by atoms with E-state index in [0.29, 0.717) is 0 Å². The van der Waals surface area contributed by atoms with Crippen LogP contribution < -0.4 is 4.72 Å². The molecule has 0 saturated heterocycles. The zero-order chi connectivity index (χ0) is 19.1. The van der Waals surface area contributed by atoms with Gasteiger partial charge in [-0.25, -0.2) is 0 Å². The number of likely N-dealkylation sites (N-methyl/N-ethyl adjacent to an activating group) is 1. The molecular weight excluding hydrogens is 348 g/mol. The van der Waals surface area contributed by atoms with E-state index in [0.717, 1.165) is 19.6 Å². The van der Waals surface area contributed by atoms with Crippen LogP contribution in [0.15, 0.2) is 47.4 Å². The van der Waals surface area contributed by atoms with E-state index in [9.17, 15) is 0 Å². The zero-order valence-corrected chi connectivity index (χ0v) is 17.7. The quantitative estimate of drug-likeness (QED) is 0.537. The van der Waals surface area contributed by atoms with Gasteiger partial charge in [-0.05, 0) is 92.0 Å². The summed E-state index contributed by atoms with van der Waals surface area (Å²) in [4.78, 5) is 3.69. The number of anilines is 1. The Morgan fingerprint density at radius 3 is 2.63 bits per heavy atom. The van der Waals surface area contributed by atoms with Crippen LogP contribution in [-0.2, 0) is 12.8 Å². The van der Waals surface area contributed by atoms with Crippen LogP contribution in [0.5, 0.6) is 0 Å². The molecule has 0 spiro atoms. The Balaban J connectivity index is 1.69. The molecule has 0 unspecified atom stereocenters. The van der Waals surface area contributed by atoms with Gasteiger partial charge in [0, 0.05) is 17.1 Å². The average molecular weight is 381 g/mol. The lowest BCUT2D eigenvalue weighted by Crippen LogP contribution is -2.22. The monoisotopic (exact) mass is 380 g/mol. The SMILES string of the molecule is CCN(CC)C/C=C\c1ccccc1SNc1ccc2c(c1C)CCCC2. The van der Waals surface area contributed by atoms with Crippen LogP contribution in [-0.4, -0.2) is 24.5 Å². The van der Waals surface area contributed by atoms with Crippen molar-refractivity contribution in [3.63, 3.8) is 0 Å². The summed E-state index contributed by atoms with van der Waals surface area (Å²) < 4.78 is 3.61. The normalized spacial score (nSPS) is 13.9. The second kappa shape index (κ2) is 10.0. The van der Waals surface area contributed by atoms with Crippen LogP contribution in [0.3, 0.4) is 0 Å². The molecule has 0 bridgehead atoms. The highest BCUT2D eigenvalue weighted by Gasteiger charge is 2.14. The van der Waals surface area contributed by atoms with Gasteiger partial charge in [-0.2, -0.15) is 0 Å². The van der Waals surface area contributed by atoms with Crippen molar-refractivity contribution < 1.29 is 0 Å². The van der Waals surface area contributed by atoms with Crippen LogP contribution in [0, 0.1) is 6.92 Å². The molecule has 0 radical (unpaired) electrons. The summed E-state index contributed by atoms with van der Waals surface area (Å²) in [7, 11) is 0. The maximum Gasteiger partial charge on any atom is 0.0475 e. The first-order chi connectivity index (χ1) is 13.2. The van der Waals surface area contributed by atoms with Crippen molar-refractivity contribution in [2.75, 3.05) is 24.4 Å². The summed E-state index contributed by atoms with van der Waals surface area (Å²) in [5.41, 5.74) is 7.07. The number of nitrogens with one attached hydrogen (secondary N) is 1. The largest absolute Gasteiger partial charge is 0.325 e. The highest BCUT2D eigenvalue weighted by molar-refractivity contribution is 8.00. The zero-order valence-electron chi connectivity index (χ0n) is 16.9. The van der Waals surface area contributed by atoms with Gasteiger partial charge in [0.15, 0.2) is 0 Å². The van der Waals surface area contributed by atoms with Gasteiger partial charge in [0.25, 0.3) is 0 Å². The minimum absolute atomic E-state index is 1.00. The topological polar surface area (TPSA) is 15.3 Å². The summed E-state index contributed by atoms with van der Waals surface area (Å²) in [5.74, 6) is 0. The van der Waals surface area contributed by atoms with E-state index in [1.165, 1.54) is 47.4 Å². The Labute approximate surface area is 169 Å². The maximum absolute atomic E-state index is 3.61. The number of hydrogen-bond donors (Lipinski definition) is 1. The van der Waals surface area contributed by atoms with E-state index in [1.54, 1.807) is 23.1 Å². The predicted octanol–water partition coefficient (Wildman–Crippen LogP) is 6.35. The molecule has 144 valence electrons. The van der Waals surface area contributed by atoms with Gasteiger partial charge < -0.3 is 9.62 Å². The first-order valence-corrected chi connectivity index (χ1v) is 11.1. The van der Waals surface area contributed by atoms with E-state index in [4.69, 9.17) is 0 Å². The third-order valence-corrected chi connectivity index (χ3v) is 6.48. The molecule has 0 aliphatic heterocycles. The molecule has 2 aromatic rings. The molecule has 0 amide bonds. The molecule has 3 rings (SSSR count). The minimum Gasteiger partial charge on any atom is -0.325 e. The molecule has 1 N–H and O–H groups in total. The van der Waals surface area contributed by atoms with Crippen molar-refractivity contribution in [1.82, 2.24) is 4.90 Å². The molecule has 3 heteroatoms. The smallest absolute Gasteiger partial charge is 0.0475 e. The van der Waals surface area contributed by atoms with Gasteiger partial charge in [0.05, 0.1) is 0 Å². The molecule has 0 aromatic heterocycles. The Morgan fingerprint density at radius 1 is 1.04 bits per heavy atom. The van der Waals surface area contributed by atoms with Gasteiger partial charge in [-0.1, -0.05) is 50.3 Å². The Kier molecular flexibility index (Phi) is 7.42. The minimum atomic E-state index is 1.00. The van der Waals surface area contributed by atoms with Crippen molar-refractivity contribution in [2.45, 2.75) is 51.3 Å². The Morgan fingerprint density at radius 2 is 1.81 bits per heavy atom.